The first-order valence-electron chi connectivity index (χ1n) is 6.01. The van der Waals surface area contributed by atoms with Crippen LogP contribution in [0.25, 0.3) is 11.2 Å². The average Bonchev–Trinajstić information content (AvgIpc) is 2.71. The number of hydrogen-bond donors (Lipinski definition) is 2. The van der Waals surface area contributed by atoms with Gasteiger partial charge < -0.3 is 0 Å². The summed E-state index contributed by atoms with van der Waals surface area (Å²) in [7, 11) is 3.05. The summed E-state index contributed by atoms with van der Waals surface area (Å²) in [5.41, 5.74) is 2.39. The minimum absolute atomic E-state index is 0.234. The second-order valence-corrected chi connectivity index (χ2v) is 4.96. The van der Waals surface area contributed by atoms with Crippen LogP contribution < -0.4 is 22.5 Å². The number of rotatable bonds is 3. The molecule has 19 heavy (non-hydrogen) atoms. The highest BCUT2D eigenvalue weighted by molar-refractivity contribution is 5.74. The summed E-state index contributed by atoms with van der Waals surface area (Å²) in [6.07, 6.45) is 0. The highest BCUT2D eigenvalue weighted by Crippen LogP contribution is 2.16. The second-order valence-electron chi connectivity index (χ2n) is 4.96. The minimum Gasteiger partial charge on any atom is -0.295 e. The summed E-state index contributed by atoms with van der Waals surface area (Å²) in [5, 5.41) is 0. The van der Waals surface area contributed by atoms with E-state index in [1.54, 1.807) is 11.6 Å². The van der Waals surface area contributed by atoms with Crippen LogP contribution in [0.15, 0.2) is 9.59 Å². The van der Waals surface area contributed by atoms with Gasteiger partial charge in [-0.05, 0) is 5.92 Å². The van der Waals surface area contributed by atoms with Crippen LogP contribution in [0.4, 0.5) is 5.95 Å². The summed E-state index contributed by atoms with van der Waals surface area (Å²) in [4.78, 5) is 28.2. The monoisotopic (exact) mass is 266 g/mol. The highest BCUT2D eigenvalue weighted by Gasteiger charge is 2.18. The number of anilines is 1. The van der Waals surface area contributed by atoms with Gasteiger partial charge in [-0.3, -0.25) is 23.9 Å². The first kappa shape index (κ1) is 13.3. The molecule has 0 aromatic carbocycles. The summed E-state index contributed by atoms with van der Waals surface area (Å²) >= 11 is 0. The van der Waals surface area contributed by atoms with Gasteiger partial charge in [0, 0.05) is 20.6 Å². The zero-order valence-corrected chi connectivity index (χ0v) is 11.5. The molecule has 8 nitrogen and oxygen atoms in total. The Morgan fingerprint density at radius 3 is 2.42 bits per heavy atom. The molecule has 0 aliphatic heterocycles. The normalized spacial score (nSPS) is 11.5. The Bertz CT molecular complexity index is 736. The van der Waals surface area contributed by atoms with E-state index in [9.17, 15) is 9.59 Å². The van der Waals surface area contributed by atoms with Crippen LogP contribution in [-0.2, 0) is 20.6 Å². The van der Waals surface area contributed by atoms with Gasteiger partial charge in [0.2, 0.25) is 5.95 Å². The molecular weight excluding hydrogens is 248 g/mol. The molecule has 0 aliphatic carbocycles. The topological polar surface area (TPSA) is 99.9 Å². The van der Waals surface area contributed by atoms with Gasteiger partial charge in [-0.1, -0.05) is 13.8 Å². The lowest BCUT2D eigenvalue weighted by Crippen LogP contribution is -2.37. The van der Waals surface area contributed by atoms with Gasteiger partial charge >= 0.3 is 5.69 Å². The number of nitrogens with zero attached hydrogens (tertiary/aromatic N) is 4. The van der Waals surface area contributed by atoms with E-state index in [0.717, 1.165) is 4.57 Å². The van der Waals surface area contributed by atoms with E-state index in [4.69, 9.17) is 5.84 Å². The molecule has 104 valence electrons. The van der Waals surface area contributed by atoms with E-state index < -0.39 is 5.56 Å². The maximum atomic E-state index is 12.1. The van der Waals surface area contributed by atoms with Crippen molar-refractivity contribution in [2.45, 2.75) is 20.4 Å². The molecule has 2 aromatic rings. The second kappa shape index (κ2) is 4.54. The molecule has 0 fully saturated rings. The lowest BCUT2D eigenvalue weighted by atomic mass is 10.2. The molecular formula is C11H18N6O2. The summed E-state index contributed by atoms with van der Waals surface area (Å²) in [5.74, 6) is 6.14. The summed E-state index contributed by atoms with van der Waals surface area (Å²) in [6.45, 7) is 4.67. The van der Waals surface area contributed by atoms with Crippen LogP contribution in [0.5, 0.6) is 0 Å². The van der Waals surface area contributed by atoms with Crippen LogP contribution in [-0.4, -0.2) is 18.7 Å². The quantitative estimate of drug-likeness (QED) is 0.569. The number of imidazole rings is 1. The van der Waals surface area contributed by atoms with E-state index in [2.05, 4.69) is 10.4 Å². The fraction of sp³-hybridized carbons (Fsp3) is 0.545. The van der Waals surface area contributed by atoms with Crippen molar-refractivity contribution in [3.05, 3.63) is 20.8 Å². The molecule has 3 N–H and O–H groups in total. The fourth-order valence-electron chi connectivity index (χ4n) is 2.14. The predicted octanol–water partition coefficient (Wildman–Crippen LogP) is -0.625. The molecule has 0 bridgehead atoms. The van der Waals surface area contributed by atoms with Crippen molar-refractivity contribution in [2.24, 2.45) is 25.9 Å². The van der Waals surface area contributed by atoms with Gasteiger partial charge in [-0.25, -0.2) is 15.6 Å². The molecule has 0 saturated carbocycles. The van der Waals surface area contributed by atoms with Gasteiger partial charge in [-0.2, -0.15) is 0 Å². The first-order chi connectivity index (χ1) is 8.88. The molecule has 0 amide bonds. The molecule has 0 unspecified atom stereocenters. The third-order valence-corrected chi connectivity index (χ3v) is 3.02. The Kier molecular flexibility index (Phi) is 3.19. The lowest BCUT2D eigenvalue weighted by Gasteiger charge is -2.12. The van der Waals surface area contributed by atoms with E-state index in [1.165, 1.54) is 11.6 Å². The molecule has 8 heteroatoms. The highest BCUT2D eigenvalue weighted by atomic mass is 16.2. The number of nitrogens with two attached hydrogens (primary N) is 1. The largest absolute Gasteiger partial charge is 0.332 e. The Morgan fingerprint density at radius 1 is 1.26 bits per heavy atom. The van der Waals surface area contributed by atoms with Gasteiger partial charge in [0.1, 0.15) is 0 Å². The molecule has 0 aliphatic rings. The molecule has 0 spiro atoms. The van der Waals surface area contributed by atoms with Crippen molar-refractivity contribution in [3.63, 3.8) is 0 Å². The van der Waals surface area contributed by atoms with E-state index in [0.29, 0.717) is 24.1 Å². The molecule has 2 aromatic heterocycles. The first-order valence-corrected chi connectivity index (χ1v) is 6.01. The SMILES string of the molecule is CC(C)Cn1c(NN)nc2c(=O)n(C)c(=O)n(C)c21. The van der Waals surface area contributed by atoms with Crippen LogP contribution in [0.1, 0.15) is 13.8 Å². The Morgan fingerprint density at radius 2 is 1.89 bits per heavy atom. The molecule has 0 saturated heterocycles. The van der Waals surface area contributed by atoms with Gasteiger partial charge in [-0.15, -0.1) is 0 Å². The summed E-state index contributed by atoms with van der Waals surface area (Å²) < 4.78 is 4.20. The standard InChI is InChI=1S/C11H18N6O2/c1-6(2)5-17-8-7(13-10(17)14-12)9(18)16(4)11(19)15(8)3/h6H,5,12H2,1-4H3,(H,13,14). The smallest absolute Gasteiger partial charge is 0.295 e. The van der Waals surface area contributed by atoms with Crippen LogP contribution in [0.3, 0.4) is 0 Å². The number of nitrogens with one attached hydrogen (secondary N) is 1. The van der Waals surface area contributed by atoms with Crippen LogP contribution >= 0.6 is 0 Å². The number of aryl methyl sites for hydroxylation is 1. The van der Waals surface area contributed by atoms with Crippen molar-refractivity contribution in [1.82, 2.24) is 18.7 Å². The molecule has 0 radical (unpaired) electrons. The Hall–Kier alpha value is -2.09. The van der Waals surface area contributed by atoms with Crippen molar-refractivity contribution in [2.75, 3.05) is 5.43 Å². The molecule has 0 atom stereocenters. The molecule has 2 heterocycles. The predicted molar refractivity (Wildman–Crippen MR) is 72.9 cm³/mol. The van der Waals surface area contributed by atoms with Crippen molar-refractivity contribution in [1.29, 1.82) is 0 Å². The number of hydrogen-bond acceptors (Lipinski definition) is 5. The van der Waals surface area contributed by atoms with E-state index >= 15 is 0 Å². The van der Waals surface area contributed by atoms with Gasteiger partial charge in [0.05, 0.1) is 0 Å². The van der Waals surface area contributed by atoms with Gasteiger partial charge in [0.25, 0.3) is 5.56 Å². The zero-order chi connectivity index (χ0) is 14.3. The summed E-state index contributed by atoms with van der Waals surface area (Å²) in [6, 6.07) is 0. The number of fused-ring (bicyclic) bond motifs is 1. The fourth-order valence-corrected chi connectivity index (χ4v) is 2.14. The Labute approximate surface area is 109 Å². The third kappa shape index (κ3) is 1.93. The Balaban J connectivity index is 2.95. The number of nitrogen functional groups attached to an aromatic ring is 1. The van der Waals surface area contributed by atoms with Crippen molar-refractivity contribution in [3.8, 4) is 0 Å². The molecule has 2 rings (SSSR count). The van der Waals surface area contributed by atoms with E-state index in [-0.39, 0.29) is 11.2 Å². The minimum atomic E-state index is -0.419. The zero-order valence-electron chi connectivity index (χ0n) is 11.5. The lowest BCUT2D eigenvalue weighted by molar-refractivity contribution is 0.527. The van der Waals surface area contributed by atoms with Crippen LogP contribution in [0, 0.1) is 5.92 Å². The maximum Gasteiger partial charge on any atom is 0.332 e. The van der Waals surface area contributed by atoms with Crippen molar-refractivity contribution < 1.29 is 0 Å². The maximum absolute atomic E-state index is 12.1. The number of hydrazine groups is 1. The average molecular weight is 266 g/mol. The van der Waals surface area contributed by atoms with E-state index in [1.807, 2.05) is 13.8 Å². The third-order valence-electron chi connectivity index (χ3n) is 3.02. The number of aromatic nitrogens is 4. The van der Waals surface area contributed by atoms with Crippen LogP contribution in [0.2, 0.25) is 0 Å². The van der Waals surface area contributed by atoms with Gasteiger partial charge in [0.15, 0.2) is 11.2 Å². The van der Waals surface area contributed by atoms with Crippen molar-refractivity contribution >= 4 is 17.1 Å².